The molecule has 0 amide bonds. The van der Waals surface area contributed by atoms with Gasteiger partial charge in [0.05, 0.1) is 6.21 Å². The molecule has 0 atom stereocenters. The van der Waals surface area contributed by atoms with Crippen molar-refractivity contribution in [2.45, 2.75) is 0 Å². The molecule has 0 spiro atoms. The number of nitrogens with zero attached hydrogens (tertiary/aromatic N) is 4. The van der Waals surface area contributed by atoms with Crippen molar-refractivity contribution in [1.82, 2.24) is 20.2 Å². The summed E-state index contributed by atoms with van der Waals surface area (Å²) < 4.78 is 0. The number of phenolic OH excluding ortho intramolecular Hbond substituents is 1. The molecule has 2 heterocycles. The molecule has 0 unspecified atom stereocenters. The number of rotatable bonds is 3. The van der Waals surface area contributed by atoms with E-state index in [-0.39, 0.29) is 5.75 Å². The zero-order valence-electron chi connectivity index (χ0n) is 11.9. The van der Waals surface area contributed by atoms with Crippen LogP contribution in [0.2, 0.25) is 0 Å². The lowest BCUT2D eigenvalue weighted by atomic mass is 10.2. The number of para-hydroxylation sites is 1. The maximum atomic E-state index is 9.40. The molecule has 0 bridgehead atoms. The fourth-order valence-corrected chi connectivity index (χ4v) is 2.34. The summed E-state index contributed by atoms with van der Waals surface area (Å²) >= 11 is 0. The summed E-state index contributed by atoms with van der Waals surface area (Å²) in [5.41, 5.74) is 5.83. The first-order chi connectivity index (χ1) is 11.3. The van der Waals surface area contributed by atoms with Crippen molar-refractivity contribution in [3.05, 3.63) is 54.1 Å². The van der Waals surface area contributed by atoms with Crippen molar-refractivity contribution in [3.63, 3.8) is 0 Å². The van der Waals surface area contributed by atoms with E-state index in [4.69, 9.17) is 0 Å². The molecular formula is C16H12N6O. The molecule has 4 rings (SSSR count). The molecule has 0 fully saturated rings. The Labute approximate surface area is 130 Å². The number of anilines is 1. The first-order valence-corrected chi connectivity index (χ1v) is 6.99. The van der Waals surface area contributed by atoms with Gasteiger partial charge in [0, 0.05) is 10.9 Å². The highest BCUT2D eigenvalue weighted by molar-refractivity contribution is 6.03. The minimum Gasteiger partial charge on any atom is -0.508 e. The molecule has 3 N–H and O–H groups in total. The van der Waals surface area contributed by atoms with E-state index in [0.29, 0.717) is 11.6 Å². The van der Waals surface area contributed by atoms with Gasteiger partial charge in [0.1, 0.15) is 11.3 Å². The van der Waals surface area contributed by atoms with Gasteiger partial charge in [-0.05, 0) is 23.8 Å². The smallest absolute Gasteiger partial charge is 0.265 e. The van der Waals surface area contributed by atoms with Gasteiger partial charge >= 0.3 is 0 Å². The SMILES string of the molecule is Oc1cccc(/C=N/Nc2nnc3c(n2)[nH]c2ccccc23)c1. The van der Waals surface area contributed by atoms with Gasteiger partial charge in [-0.3, -0.25) is 0 Å². The molecule has 7 heteroatoms. The summed E-state index contributed by atoms with van der Waals surface area (Å²) in [6.07, 6.45) is 1.57. The van der Waals surface area contributed by atoms with E-state index in [0.717, 1.165) is 22.0 Å². The number of benzene rings is 2. The standard InChI is InChI=1S/C16H12N6O/c23-11-5-3-4-10(8-11)9-17-21-16-19-15-14(20-22-16)12-6-1-2-7-13(12)18-15/h1-9,23H,(H2,18,19,21,22)/b17-9+. The number of hydrogen-bond donors (Lipinski definition) is 3. The molecule has 0 aliphatic heterocycles. The van der Waals surface area contributed by atoms with Crippen molar-refractivity contribution in [3.8, 4) is 5.75 Å². The molecule has 0 aliphatic rings. The van der Waals surface area contributed by atoms with Crippen LogP contribution in [0.15, 0.2) is 53.6 Å². The quantitative estimate of drug-likeness (QED) is 0.399. The van der Waals surface area contributed by atoms with Crippen LogP contribution in [0.5, 0.6) is 5.75 Å². The second-order valence-electron chi connectivity index (χ2n) is 4.97. The van der Waals surface area contributed by atoms with Gasteiger partial charge in [-0.25, -0.2) is 5.43 Å². The zero-order chi connectivity index (χ0) is 15.6. The number of hydrogen-bond acceptors (Lipinski definition) is 6. The Morgan fingerprint density at radius 1 is 1.09 bits per heavy atom. The van der Waals surface area contributed by atoms with Gasteiger partial charge in [0.15, 0.2) is 5.65 Å². The van der Waals surface area contributed by atoms with Crippen molar-refractivity contribution in [1.29, 1.82) is 0 Å². The highest BCUT2D eigenvalue weighted by Crippen LogP contribution is 2.21. The first-order valence-electron chi connectivity index (χ1n) is 6.99. The maximum Gasteiger partial charge on any atom is 0.265 e. The third-order valence-corrected chi connectivity index (χ3v) is 3.37. The van der Waals surface area contributed by atoms with Crippen LogP contribution in [-0.2, 0) is 0 Å². The molecule has 23 heavy (non-hydrogen) atoms. The normalized spacial score (nSPS) is 11.5. The minimum atomic E-state index is 0.186. The summed E-state index contributed by atoms with van der Waals surface area (Å²) in [6, 6.07) is 14.6. The molecule has 0 aliphatic carbocycles. The van der Waals surface area contributed by atoms with Gasteiger partial charge in [-0.1, -0.05) is 30.3 Å². The highest BCUT2D eigenvalue weighted by atomic mass is 16.3. The monoisotopic (exact) mass is 304 g/mol. The molecule has 0 saturated carbocycles. The average molecular weight is 304 g/mol. The van der Waals surface area contributed by atoms with Crippen LogP contribution in [-0.4, -0.2) is 31.5 Å². The fraction of sp³-hybridized carbons (Fsp3) is 0. The Kier molecular flexibility index (Phi) is 3.09. The van der Waals surface area contributed by atoms with Gasteiger partial charge in [0.25, 0.3) is 5.95 Å². The van der Waals surface area contributed by atoms with Crippen LogP contribution in [0.3, 0.4) is 0 Å². The largest absolute Gasteiger partial charge is 0.508 e. The van der Waals surface area contributed by atoms with E-state index in [1.165, 1.54) is 0 Å². The number of fused-ring (bicyclic) bond motifs is 3. The highest BCUT2D eigenvalue weighted by Gasteiger charge is 2.07. The van der Waals surface area contributed by atoms with Crippen molar-refractivity contribution < 1.29 is 5.11 Å². The van der Waals surface area contributed by atoms with Crippen LogP contribution in [0.25, 0.3) is 22.1 Å². The Hall–Kier alpha value is -3.48. The maximum absolute atomic E-state index is 9.40. The van der Waals surface area contributed by atoms with Crippen molar-refractivity contribution in [2.75, 3.05) is 5.43 Å². The van der Waals surface area contributed by atoms with E-state index in [1.807, 2.05) is 30.3 Å². The average Bonchev–Trinajstić information content (AvgIpc) is 2.92. The zero-order valence-corrected chi connectivity index (χ0v) is 11.9. The van der Waals surface area contributed by atoms with E-state index in [1.54, 1.807) is 24.4 Å². The summed E-state index contributed by atoms with van der Waals surface area (Å²) in [7, 11) is 0. The number of hydrazone groups is 1. The van der Waals surface area contributed by atoms with Crippen LogP contribution in [0, 0.1) is 0 Å². The molecule has 112 valence electrons. The number of nitrogens with one attached hydrogen (secondary N) is 2. The summed E-state index contributed by atoms with van der Waals surface area (Å²) in [5, 5.41) is 22.6. The predicted octanol–water partition coefficient (Wildman–Crippen LogP) is 2.66. The molecular weight excluding hydrogens is 292 g/mol. The van der Waals surface area contributed by atoms with E-state index < -0.39 is 0 Å². The Balaban J connectivity index is 1.61. The number of phenols is 1. The number of aromatic amines is 1. The van der Waals surface area contributed by atoms with Gasteiger partial charge in [0.2, 0.25) is 0 Å². The summed E-state index contributed by atoms with van der Waals surface area (Å²) in [5.74, 6) is 0.479. The lowest BCUT2D eigenvalue weighted by molar-refractivity contribution is 0.475. The lowest BCUT2D eigenvalue weighted by Gasteiger charge is -1.97. The van der Waals surface area contributed by atoms with Gasteiger partial charge < -0.3 is 10.1 Å². The van der Waals surface area contributed by atoms with E-state index >= 15 is 0 Å². The van der Waals surface area contributed by atoms with Gasteiger partial charge in [-0.15, -0.1) is 10.2 Å². The number of aromatic hydroxyl groups is 1. The van der Waals surface area contributed by atoms with Crippen LogP contribution in [0.1, 0.15) is 5.56 Å². The van der Waals surface area contributed by atoms with Crippen LogP contribution < -0.4 is 5.43 Å². The molecule has 2 aromatic carbocycles. The van der Waals surface area contributed by atoms with Crippen LogP contribution in [0.4, 0.5) is 5.95 Å². The third-order valence-electron chi connectivity index (χ3n) is 3.37. The lowest BCUT2D eigenvalue weighted by Crippen LogP contribution is -1.98. The molecule has 4 aromatic rings. The van der Waals surface area contributed by atoms with Gasteiger partial charge in [-0.2, -0.15) is 10.1 Å². The first kappa shape index (κ1) is 13.2. The Morgan fingerprint density at radius 3 is 2.91 bits per heavy atom. The van der Waals surface area contributed by atoms with Crippen molar-refractivity contribution >= 4 is 34.2 Å². The molecule has 0 saturated heterocycles. The second-order valence-corrected chi connectivity index (χ2v) is 4.97. The number of aromatic nitrogens is 4. The van der Waals surface area contributed by atoms with Crippen LogP contribution >= 0.6 is 0 Å². The molecule has 2 aromatic heterocycles. The minimum absolute atomic E-state index is 0.186. The van der Waals surface area contributed by atoms with E-state index in [9.17, 15) is 5.11 Å². The summed E-state index contributed by atoms with van der Waals surface area (Å²) in [6.45, 7) is 0. The van der Waals surface area contributed by atoms with Crippen molar-refractivity contribution in [2.24, 2.45) is 5.10 Å². The third kappa shape index (κ3) is 2.55. The molecule has 0 radical (unpaired) electrons. The second kappa shape index (κ2) is 5.38. The topological polar surface area (TPSA) is 99.1 Å². The van der Waals surface area contributed by atoms with E-state index in [2.05, 4.69) is 30.7 Å². The Bertz CT molecular complexity index is 1020. The number of H-pyrrole nitrogens is 1. The fourth-order valence-electron chi connectivity index (χ4n) is 2.34. The predicted molar refractivity (Wildman–Crippen MR) is 88.5 cm³/mol. The Morgan fingerprint density at radius 2 is 2.00 bits per heavy atom. The molecule has 7 nitrogen and oxygen atoms in total. The summed E-state index contributed by atoms with van der Waals surface area (Å²) in [4.78, 5) is 7.55.